The van der Waals surface area contributed by atoms with Gasteiger partial charge >= 0.3 is 0 Å². The van der Waals surface area contributed by atoms with E-state index in [4.69, 9.17) is 4.98 Å². The summed E-state index contributed by atoms with van der Waals surface area (Å²) in [4.78, 5) is 19.0. The minimum absolute atomic E-state index is 0. The Morgan fingerprint density at radius 3 is 2.15 bits per heavy atom. The molecule has 1 aromatic heterocycles. The molecule has 0 aliphatic carbocycles. The zero-order chi connectivity index (χ0) is 32.3. The maximum Gasteiger partial charge on any atom is 0.164 e. The van der Waals surface area contributed by atoms with Gasteiger partial charge in [0.05, 0.1) is 8.07 Å². The van der Waals surface area contributed by atoms with Crippen molar-refractivity contribution in [1.82, 2.24) is 4.98 Å². The quantitative estimate of drug-likeness (QED) is 0.0822. The number of pyridine rings is 1. The third-order valence-corrected chi connectivity index (χ3v) is 12.4. The smallest absolute Gasteiger partial charge is 0.164 e. The van der Waals surface area contributed by atoms with Crippen LogP contribution in [-0.4, -0.2) is 23.9 Å². The Hall–Kier alpha value is -3.83. The number of nitrogens with zero attached hydrogens (tertiary/aromatic N) is 2. The van der Waals surface area contributed by atoms with Gasteiger partial charge in [0.15, 0.2) is 5.78 Å². The zero-order valence-electron chi connectivity index (χ0n) is 27.8. The van der Waals surface area contributed by atoms with Crippen LogP contribution in [0.2, 0.25) is 13.1 Å². The summed E-state index contributed by atoms with van der Waals surface area (Å²) in [5, 5.41) is 14.9. The first-order chi connectivity index (χ1) is 21.2. The molecule has 1 N–H and O–H groups in total. The molecule has 0 unspecified atom stereocenters. The molecule has 0 spiro atoms. The first-order valence-electron chi connectivity index (χ1n) is 15.6. The van der Waals surface area contributed by atoms with Gasteiger partial charge in [-0.15, -0.1) is 28.9 Å². The molecule has 4 aromatic carbocycles. The van der Waals surface area contributed by atoms with Gasteiger partial charge in [-0.05, 0) is 29.1 Å². The van der Waals surface area contributed by atoms with E-state index in [0.717, 1.165) is 28.0 Å². The number of anilines is 3. The molecule has 1 radical (unpaired) electrons. The van der Waals surface area contributed by atoms with Crippen LogP contribution >= 0.6 is 0 Å². The van der Waals surface area contributed by atoms with Crippen LogP contribution in [0.25, 0.3) is 33.2 Å². The summed E-state index contributed by atoms with van der Waals surface area (Å²) in [6, 6.07) is 34.1. The minimum Gasteiger partial charge on any atom is -0.512 e. The maximum atomic E-state index is 11.5. The molecule has 5 aromatic rings. The molecule has 46 heavy (non-hydrogen) atoms. The van der Waals surface area contributed by atoms with E-state index in [9.17, 15) is 9.90 Å². The van der Waals surface area contributed by atoms with E-state index in [1.54, 1.807) is 0 Å². The number of carbonyl (C=O) groups is 1. The summed E-state index contributed by atoms with van der Waals surface area (Å²) in [5.41, 5.74) is 7.63. The van der Waals surface area contributed by atoms with Gasteiger partial charge in [0.1, 0.15) is 5.76 Å². The molecular formula is C40H41IrN2O2Si-. The first-order valence-corrected chi connectivity index (χ1v) is 18.6. The molecule has 2 aliphatic rings. The Labute approximate surface area is 287 Å². The second-order valence-corrected chi connectivity index (χ2v) is 18.9. The topological polar surface area (TPSA) is 53.4 Å². The van der Waals surface area contributed by atoms with Crippen molar-refractivity contribution in [3.8, 4) is 22.4 Å². The van der Waals surface area contributed by atoms with E-state index in [-0.39, 0.29) is 37.1 Å². The summed E-state index contributed by atoms with van der Waals surface area (Å²) in [6.45, 7) is 16.0. The van der Waals surface area contributed by atoms with E-state index in [2.05, 4.69) is 109 Å². The van der Waals surface area contributed by atoms with Crippen LogP contribution in [0.1, 0.15) is 41.5 Å². The van der Waals surface area contributed by atoms with Gasteiger partial charge in [0.25, 0.3) is 0 Å². The molecule has 2 aliphatic heterocycles. The molecule has 0 fully saturated rings. The molecule has 7 rings (SSSR count). The fraction of sp³-hybridized carbons (Fsp3) is 0.250. The number of para-hydroxylation sites is 1. The van der Waals surface area contributed by atoms with Gasteiger partial charge in [-0.25, -0.2) is 0 Å². The van der Waals surface area contributed by atoms with E-state index in [1.165, 1.54) is 38.6 Å². The fourth-order valence-electron chi connectivity index (χ4n) is 6.20. The van der Waals surface area contributed by atoms with Crippen LogP contribution in [0.4, 0.5) is 17.1 Å². The van der Waals surface area contributed by atoms with Crippen molar-refractivity contribution in [3.05, 3.63) is 109 Å². The number of benzene rings is 4. The van der Waals surface area contributed by atoms with E-state index >= 15 is 0 Å². The number of carbonyl (C=O) groups excluding carboxylic acids is 1. The van der Waals surface area contributed by atoms with Gasteiger partial charge in [-0.3, -0.25) is 4.79 Å². The molecule has 0 saturated heterocycles. The SMILES string of the molecule is CC(C)(C)C(=O)/C=C(\O)C(C)(C)C.C[Si]1(C)c2cc[c-]c3c2-c2c(cccc21)N(c1ccccc1)c1c-3ncc2ccccc12.[Ir]. The van der Waals surface area contributed by atoms with E-state index < -0.39 is 13.5 Å². The zero-order valence-corrected chi connectivity index (χ0v) is 31.2. The molecule has 0 saturated carbocycles. The third-order valence-electron chi connectivity index (χ3n) is 8.90. The van der Waals surface area contributed by atoms with Gasteiger partial charge < -0.3 is 15.0 Å². The van der Waals surface area contributed by atoms with Crippen LogP contribution in [0, 0.1) is 16.9 Å². The largest absolute Gasteiger partial charge is 0.512 e. The van der Waals surface area contributed by atoms with Crippen LogP contribution in [0.5, 0.6) is 0 Å². The predicted molar refractivity (Wildman–Crippen MR) is 191 cm³/mol. The van der Waals surface area contributed by atoms with E-state index in [0.29, 0.717) is 0 Å². The second kappa shape index (κ2) is 12.1. The number of ketones is 1. The van der Waals surface area contributed by atoms with Gasteiger partial charge in [-0.1, -0.05) is 120 Å². The predicted octanol–water partition coefficient (Wildman–Crippen LogP) is 9.38. The van der Waals surface area contributed by atoms with Crippen LogP contribution in [0.3, 0.4) is 0 Å². The van der Waals surface area contributed by atoms with Crippen molar-refractivity contribution in [1.29, 1.82) is 0 Å². The molecule has 3 heterocycles. The van der Waals surface area contributed by atoms with Crippen molar-refractivity contribution in [2.45, 2.75) is 54.6 Å². The van der Waals surface area contributed by atoms with Crippen molar-refractivity contribution in [2.24, 2.45) is 10.8 Å². The number of aliphatic hydroxyl groups is 1. The Bertz CT molecular complexity index is 1990. The average Bonchev–Trinajstić information content (AvgIpc) is 3.15. The molecular weight excluding hydrogens is 761 g/mol. The van der Waals surface area contributed by atoms with Crippen molar-refractivity contribution in [3.63, 3.8) is 0 Å². The summed E-state index contributed by atoms with van der Waals surface area (Å²) >= 11 is 0. The molecule has 0 amide bonds. The summed E-state index contributed by atoms with van der Waals surface area (Å²) < 4.78 is 0. The number of hydrogen-bond acceptors (Lipinski definition) is 4. The Kier molecular flexibility index (Phi) is 8.80. The number of fused-ring (bicyclic) bond motifs is 4. The third kappa shape index (κ3) is 5.68. The minimum atomic E-state index is -1.81. The molecule has 6 heteroatoms. The summed E-state index contributed by atoms with van der Waals surface area (Å²) in [5.74, 6) is 0.104. The number of aromatic nitrogens is 1. The second-order valence-electron chi connectivity index (χ2n) is 14.6. The molecule has 0 bridgehead atoms. The van der Waals surface area contributed by atoms with E-state index in [1.807, 2.05) is 47.7 Å². The maximum absolute atomic E-state index is 11.5. The monoisotopic (exact) mass is 802 g/mol. The molecule has 237 valence electrons. The molecule has 0 atom stereocenters. The normalized spacial score (nSPS) is 14.3. The number of hydrogen-bond donors (Lipinski definition) is 1. The number of aliphatic hydroxyl groups excluding tert-OH is 1. The van der Waals surface area contributed by atoms with Crippen molar-refractivity contribution < 1.29 is 30.0 Å². The fourth-order valence-corrected chi connectivity index (χ4v) is 9.26. The van der Waals surface area contributed by atoms with Gasteiger partial charge in [0, 0.05) is 71.4 Å². The van der Waals surface area contributed by atoms with Gasteiger partial charge in [-0.2, -0.15) is 0 Å². The summed E-state index contributed by atoms with van der Waals surface area (Å²) in [6.07, 6.45) is 3.35. The average molecular weight is 802 g/mol. The Balaban J connectivity index is 0.000000256. The van der Waals surface area contributed by atoms with Crippen LogP contribution in [0.15, 0.2) is 103 Å². The first kappa shape index (κ1) is 33.5. The Morgan fingerprint density at radius 2 is 1.48 bits per heavy atom. The Morgan fingerprint density at radius 1 is 0.826 bits per heavy atom. The van der Waals surface area contributed by atoms with Crippen molar-refractivity contribution >= 4 is 52.1 Å². The van der Waals surface area contributed by atoms with Gasteiger partial charge in [0.2, 0.25) is 0 Å². The van der Waals surface area contributed by atoms with Crippen molar-refractivity contribution in [2.75, 3.05) is 4.90 Å². The van der Waals surface area contributed by atoms with Crippen LogP contribution < -0.4 is 15.3 Å². The number of allylic oxidation sites excluding steroid dienone is 2. The standard InChI is InChI=1S/C29H21N2Si.C11H20O2.Ir/c1-32(2)24-16-8-14-22-26(24)27-23(15-9-17-25(27)32)31(20-11-4-3-5-12-20)29-21-13-7-6-10-19(21)18-30-28(22)29;1-10(2,3)8(12)7-9(13)11(4,5)6;/h3-13,15-18H,1-2H3;7,12H,1-6H3;/q-1;;/b;8-7-;. The molecule has 4 nitrogen and oxygen atoms in total. The van der Waals surface area contributed by atoms with Crippen LogP contribution in [-0.2, 0) is 24.9 Å². The summed E-state index contributed by atoms with van der Waals surface area (Å²) in [7, 11) is -1.81. The number of rotatable bonds is 2.